The highest BCUT2D eigenvalue weighted by Crippen LogP contribution is 2.39. The van der Waals surface area contributed by atoms with E-state index in [1.165, 1.54) is 18.4 Å². The molecule has 2 aromatic rings. The number of carbonyl (C=O) groups is 2. The zero-order valence-electron chi connectivity index (χ0n) is 15.5. The van der Waals surface area contributed by atoms with E-state index < -0.39 is 22.5 Å². The van der Waals surface area contributed by atoms with Crippen LogP contribution < -0.4 is 10.1 Å². The molecule has 0 saturated carbocycles. The van der Waals surface area contributed by atoms with Crippen molar-refractivity contribution in [3.8, 4) is 5.88 Å². The van der Waals surface area contributed by atoms with E-state index in [-0.39, 0.29) is 18.2 Å². The highest BCUT2D eigenvalue weighted by Gasteiger charge is 2.32. The maximum Gasteiger partial charge on any atom is 0.362 e. The summed E-state index contributed by atoms with van der Waals surface area (Å²) in [5.41, 5.74) is 0.331. The molecule has 3 rings (SSSR count). The first-order valence-electron chi connectivity index (χ1n) is 8.87. The van der Waals surface area contributed by atoms with Crippen LogP contribution in [0.2, 0.25) is 0 Å². The van der Waals surface area contributed by atoms with Gasteiger partial charge >= 0.3 is 17.5 Å². The molecule has 0 aromatic carbocycles. The number of methoxy groups -OCH3 is 1. The largest absolute Gasteiger partial charge is 0.475 e. The average molecular weight is 408 g/mol. The van der Waals surface area contributed by atoms with Crippen molar-refractivity contribution in [2.45, 2.75) is 39.0 Å². The van der Waals surface area contributed by atoms with Gasteiger partial charge in [-0.2, -0.15) is 0 Å². The number of anilines is 1. The van der Waals surface area contributed by atoms with E-state index in [2.05, 4.69) is 15.5 Å². The lowest BCUT2D eigenvalue weighted by Crippen LogP contribution is -2.17. The number of amides is 1. The molecule has 0 bridgehead atoms. The monoisotopic (exact) mass is 408 g/mol. The van der Waals surface area contributed by atoms with Crippen molar-refractivity contribution >= 4 is 33.9 Å². The molecular formula is C17H20N4O6S. The van der Waals surface area contributed by atoms with Gasteiger partial charge in [0.1, 0.15) is 5.00 Å². The van der Waals surface area contributed by atoms with Crippen molar-refractivity contribution in [3.05, 3.63) is 31.8 Å². The Kier molecular flexibility index (Phi) is 5.93. The van der Waals surface area contributed by atoms with Gasteiger partial charge in [0.2, 0.25) is 5.69 Å². The number of H-pyrrole nitrogens is 1. The Morgan fingerprint density at radius 2 is 2.11 bits per heavy atom. The molecule has 2 heterocycles. The summed E-state index contributed by atoms with van der Waals surface area (Å²) in [5, 5.41) is 20.2. The van der Waals surface area contributed by atoms with Crippen LogP contribution >= 0.6 is 11.3 Å². The number of aromatic nitrogens is 2. The van der Waals surface area contributed by atoms with Gasteiger partial charge in [0.25, 0.3) is 5.91 Å². The number of hydrogen-bond donors (Lipinski definition) is 2. The Morgan fingerprint density at radius 3 is 2.79 bits per heavy atom. The molecule has 0 unspecified atom stereocenters. The summed E-state index contributed by atoms with van der Waals surface area (Å²) in [4.78, 5) is 36.8. The van der Waals surface area contributed by atoms with E-state index in [9.17, 15) is 19.7 Å². The molecule has 28 heavy (non-hydrogen) atoms. The lowest BCUT2D eigenvalue weighted by Gasteiger charge is -2.12. The molecule has 10 nitrogen and oxygen atoms in total. The van der Waals surface area contributed by atoms with E-state index in [0.717, 1.165) is 36.1 Å². The fourth-order valence-corrected chi connectivity index (χ4v) is 4.36. The smallest absolute Gasteiger partial charge is 0.362 e. The van der Waals surface area contributed by atoms with Crippen molar-refractivity contribution in [1.82, 2.24) is 10.2 Å². The van der Waals surface area contributed by atoms with Gasteiger partial charge in [0, 0.05) is 4.88 Å². The summed E-state index contributed by atoms with van der Waals surface area (Å²) in [7, 11) is 1.22. The molecule has 1 amide bonds. The molecule has 0 fully saturated rings. The number of carbonyl (C=O) groups excluding carboxylic acids is 2. The van der Waals surface area contributed by atoms with Gasteiger partial charge in [-0.05, 0) is 37.7 Å². The van der Waals surface area contributed by atoms with Gasteiger partial charge in [-0.25, -0.2) is 4.79 Å². The molecular weight excluding hydrogens is 388 g/mol. The van der Waals surface area contributed by atoms with Crippen molar-refractivity contribution in [3.63, 3.8) is 0 Å². The highest BCUT2D eigenvalue weighted by molar-refractivity contribution is 7.17. The number of rotatable bonds is 7. The zero-order valence-corrected chi connectivity index (χ0v) is 16.3. The molecule has 0 spiro atoms. The lowest BCUT2D eigenvalue weighted by molar-refractivity contribution is -0.386. The van der Waals surface area contributed by atoms with Gasteiger partial charge in [0.15, 0.2) is 0 Å². The van der Waals surface area contributed by atoms with Crippen LogP contribution in [0.5, 0.6) is 5.88 Å². The van der Waals surface area contributed by atoms with Crippen LogP contribution in [0.25, 0.3) is 0 Å². The van der Waals surface area contributed by atoms with Crippen molar-refractivity contribution < 1.29 is 24.0 Å². The average Bonchev–Trinajstić information content (AvgIpc) is 3.27. The lowest BCUT2D eigenvalue weighted by atomic mass is 9.95. The fourth-order valence-electron chi connectivity index (χ4n) is 3.09. The molecule has 1 aliphatic carbocycles. The van der Waals surface area contributed by atoms with Crippen LogP contribution in [0, 0.1) is 10.1 Å². The Labute approximate surface area is 164 Å². The first kappa shape index (κ1) is 19.8. The molecule has 11 heteroatoms. The Hall–Kier alpha value is -2.95. The minimum Gasteiger partial charge on any atom is -0.475 e. The minimum atomic E-state index is -0.773. The van der Waals surface area contributed by atoms with Crippen LogP contribution in [0.1, 0.15) is 57.5 Å². The highest BCUT2D eigenvalue weighted by atomic mass is 32.1. The number of hydrogen-bond acceptors (Lipinski definition) is 8. The fraction of sp³-hybridized carbons (Fsp3) is 0.471. The molecule has 150 valence electrons. The summed E-state index contributed by atoms with van der Waals surface area (Å²) in [6.45, 7) is 2.17. The third kappa shape index (κ3) is 3.70. The molecule has 0 saturated heterocycles. The number of thiophene rings is 1. The number of nitrogens with one attached hydrogen (secondary N) is 2. The molecule has 0 radical (unpaired) electrons. The number of aryl methyl sites for hydroxylation is 1. The van der Waals surface area contributed by atoms with Crippen LogP contribution in [0.3, 0.4) is 0 Å². The molecule has 0 atom stereocenters. The van der Waals surface area contributed by atoms with E-state index in [4.69, 9.17) is 9.47 Å². The van der Waals surface area contributed by atoms with Crippen molar-refractivity contribution in [2.75, 3.05) is 19.0 Å². The predicted octanol–water partition coefficient (Wildman–Crippen LogP) is 3.09. The van der Waals surface area contributed by atoms with Crippen LogP contribution in [-0.4, -0.2) is 40.7 Å². The first-order valence-corrected chi connectivity index (χ1v) is 9.69. The molecule has 2 aromatic heterocycles. The Bertz CT molecular complexity index is 919. The third-order valence-electron chi connectivity index (χ3n) is 4.35. The third-order valence-corrected chi connectivity index (χ3v) is 5.56. The molecule has 1 aliphatic rings. The maximum atomic E-state index is 12.7. The normalized spacial score (nSPS) is 12.9. The summed E-state index contributed by atoms with van der Waals surface area (Å²) >= 11 is 1.31. The zero-order chi connectivity index (χ0) is 20.3. The molecule has 0 aliphatic heterocycles. The number of ether oxygens (including phenoxy) is 2. The van der Waals surface area contributed by atoms with Crippen molar-refractivity contribution in [1.29, 1.82) is 0 Å². The van der Waals surface area contributed by atoms with E-state index in [0.29, 0.717) is 17.0 Å². The van der Waals surface area contributed by atoms with Crippen LogP contribution in [0.15, 0.2) is 0 Å². The second kappa shape index (κ2) is 8.38. The second-order valence-corrected chi connectivity index (χ2v) is 7.32. The van der Waals surface area contributed by atoms with Crippen LogP contribution in [0.4, 0.5) is 10.7 Å². The standard InChI is InChI=1S/C17H20N4O6S/c1-3-8-27-17(23)11-9-6-4-5-7-10(9)28-16(11)18-14(22)12-13(21(24)25)15(26-2)20-19-12/h3-8H2,1-2H3,(H,18,22)(H,19,20). The number of esters is 1. The van der Waals surface area contributed by atoms with E-state index >= 15 is 0 Å². The van der Waals surface area contributed by atoms with Gasteiger partial charge in [-0.3, -0.25) is 20.0 Å². The van der Waals surface area contributed by atoms with Crippen LogP contribution in [-0.2, 0) is 17.6 Å². The SMILES string of the molecule is CCCOC(=O)c1c(NC(=O)c2[nH]nc(OC)c2[N+](=O)[O-])sc2c1CCCC2. The Balaban J connectivity index is 1.95. The second-order valence-electron chi connectivity index (χ2n) is 6.22. The summed E-state index contributed by atoms with van der Waals surface area (Å²) < 4.78 is 10.1. The topological polar surface area (TPSA) is 136 Å². The summed E-state index contributed by atoms with van der Waals surface area (Å²) in [5.74, 6) is -1.55. The summed E-state index contributed by atoms with van der Waals surface area (Å²) in [6, 6.07) is 0. The van der Waals surface area contributed by atoms with Gasteiger partial charge in [-0.1, -0.05) is 6.92 Å². The van der Waals surface area contributed by atoms with Gasteiger partial charge in [0.05, 0.1) is 24.2 Å². The molecule has 2 N–H and O–H groups in total. The number of fused-ring (bicyclic) bond motifs is 1. The quantitative estimate of drug-likeness (QED) is 0.408. The number of nitrogens with zero attached hydrogens (tertiary/aromatic N) is 2. The minimum absolute atomic E-state index is 0.278. The summed E-state index contributed by atoms with van der Waals surface area (Å²) in [6.07, 6.45) is 4.19. The van der Waals surface area contributed by atoms with Gasteiger partial charge in [-0.15, -0.1) is 16.4 Å². The van der Waals surface area contributed by atoms with E-state index in [1.54, 1.807) is 0 Å². The predicted molar refractivity (Wildman–Crippen MR) is 101 cm³/mol. The number of nitro groups is 1. The first-order chi connectivity index (χ1) is 13.5. The van der Waals surface area contributed by atoms with E-state index in [1.807, 2.05) is 6.92 Å². The maximum absolute atomic E-state index is 12.7. The Morgan fingerprint density at radius 1 is 1.36 bits per heavy atom. The van der Waals surface area contributed by atoms with Gasteiger partial charge < -0.3 is 14.8 Å². The number of aromatic amines is 1. The van der Waals surface area contributed by atoms with Crippen molar-refractivity contribution in [2.24, 2.45) is 0 Å².